The first-order valence-corrected chi connectivity index (χ1v) is 9.48. The van der Waals surface area contributed by atoms with Gasteiger partial charge in [-0.1, -0.05) is 12.1 Å². The second-order valence-corrected chi connectivity index (χ2v) is 7.24. The Hall–Kier alpha value is -1.88. The van der Waals surface area contributed by atoms with Crippen molar-refractivity contribution in [3.8, 4) is 0 Å². The van der Waals surface area contributed by atoms with E-state index < -0.39 is 0 Å². The van der Waals surface area contributed by atoms with E-state index in [0.717, 1.165) is 62.5 Å². The second-order valence-electron chi connectivity index (χ2n) is 7.24. The van der Waals surface area contributed by atoms with Gasteiger partial charge < -0.3 is 15.1 Å². The van der Waals surface area contributed by atoms with Gasteiger partial charge in [0.05, 0.1) is 0 Å². The number of nitrogens with one attached hydrogen (secondary N) is 1. The molecule has 2 fully saturated rings. The molecule has 1 aromatic carbocycles. The molecule has 2 heterocycles. The quantitative estimate of drug-likeness (QED) is 0.862. The Bertz CT molecular complexity index is 591. The summed E-state index contributed by atoms with van der Waals surface area (Å²) in [4.78, 5) is 28.3. The molecule has 3 rings (SSSR count). The van der Waals surface area contributed by atoms with Crippen LogP contribution in [-0.4, -0.2) is 54.8 Å². The number of carbonyl (C=O) groups excluding carboxylic acids is 2. The van der Waals surface area contributed by atoms with E-state index in [0.29, 0.717) is 13.0 Å². The Morgan fingerprint density at radius 1 is 1.16 bits per heavy atom. The zero-order valence-corrected chi connectivity index (χ0v) is 15.2. The van der Waals surface area contributed by atoms with Gasteiger partial charge in [-0.2, -0.15) is 0 Å². The van der Waals surface area contributed by atoms with Gasteiger partial charge >= 0.3 is 0 Å². The molecule has 0 radical (unpaired) electrons. The van der Waals surface area contributed by atoms with Gasteiger partial charge in [-0.05, 0) is 62.9 Å². The zero-order valence-electron chi connectivity index (χ0n) is 15.2. The smallest absolute Gasteiger partial charge is 0.253 e. The summed E-state index contributed by atoms with van der Waals surface area (Å²) in [6.45, 7) is 4.28. The van der Waals surface area contributed by atoms with Crippen molar-refractivity contribution < 1.29 is 9.59 Å². The van der Waals surface area contributed by atoms with E-state index in [-0.39, 0.29) is 11.8 Å². The fraction of sp³-hybridized carbons (Fsp3) is 0.600. The van der Waals surface area contributed by atoms with E-state index in [2.05, 4.69) is 5.32 Å². The highest BCUT2D eigenvalue weighted by atomic mass is 16.2. The van der Waals surface area contributed by atoms with Crippen molar-refractivity contribution in [2.75, 3.05) is 33.2 Å². The molecule has 136 valence electrons. The minimum Gasteiger partial charge on any atom is -0.339 e. The molecule has 1 N–H and O–H groups in total. The van der Waals surface area contributed by atoms with Crippen molar-refractivity contribution in [3.63, 3.8) is 0 Å². The third-order valence-corrected chi connectivity index (χ3v) is 5.45. The average molecular weight is 343 g/mol. The lowest BCUT2D eigenvalue weighted by Gasteiger charge is -2.32. The molecule has 2 amide bonds. The molecule has 0 saturated carbocycles. The first-order chi connectivity index (χ1) is 12.2. The fourth-order valence-corrected chi connectivity index (χ4v) is 3.80. The van der Waals surface area contributed by atoms with Crippen LogP contribution in [0, 0.1) is 5.92 Å². The van der Waals surface area contributed by atoms with Crippen LogP contribution in [0.25, 0.3) is 0 Å². The molecule has 2 aliphatic rings. The molecule has 0 unspecified atom stereocenters. The number of rotatable bonds is 6. The van der Waals surface area contributed by atoms with E-state index >= 15 is 0 Å². The maximum absolute atomic E-state index is 12.7. The van der Waals surface area contributed by atoms with Crippen LogP contribution in [0.15, 0.2) is 24.3 Å². The first-order valence-electron chi connectivity index (χ1n) is 9.48. The normalized spacial score (nSPS) is 18.8. The minimum absolute atomic E-state index is 0.135. The van der Waals surface area contributed by atoms with Gasteiger partial charge in [0.1, 0.15) is 0 Å². The highest BCUT2D eigenvalue weighted by Gasteiger charge is 2.24. The van der Waals surface area contributed by atoms with Gasteiger partial charge in [-0.15, -0.1) is 0 Å². The number of piperidine rings is 1. The van der Waals surface area contributed by atoms with E-state index in [1.54, 1.807) is 0 Å². The molecule has 5 heteroatoms. The zero-order chi connectivity index (χ0) is 17.6. The van der Waals surface area contributed by atoms with E-state index in [1.807, 2.05) is 41.1 Å². The van der Waals surface area contributed by atoms with Crippen molar-refractivity contribution in [2.45, 2.75) is 38.6 Å². The van der Waals surface area contributed by atoms with Crippen LogP contribution in [0.1, 0.15) is 48.0 Å². The predicted octanol–water partition coefficient (Wildman–Crippen LogP) is 2.27. The van der Waals surface area contributed by atoms with Crippen molar-refractivity contribution in [1.82, 2.24) is 15.1 Å². The molecule has 2 saturated heterocycles. The van der Waals surface area contributed by atoms with Gasteiger partial charge in [0.2, 0.25) is 5.91 Å². The van der Waals surface area contributed by atoms with Crippen LogP contribution in [0.3, 0.4) is 0 Å². The van der Waals surface area contributed by atoms with Crippen LogP contribution >= 0.6 is 0 Å². The summed E-state index contributed by atoms with van der Waals surface area (Å²) >= 11 is 0. The lowest BCUT2D eigenvalue weighted by molar-refractivity contribution is -0.128. The topological polar surface area (TPSA) is 52.7 Å². The van der Waals surface area contributed by atoms with Gasteiger partial charge in [-0.3, -0.25) is 9.59 Å². The standard InChI is InChI=1S/C20H29N3O2/c1-21-11-8-16-9-13-22(14-10-16)20(25)18-6-4-17(5-7-18)15-23-12-2-3-19(23)24/h4-7,16,21H,2-3,8-15H2,1H3. The Balaban J connectivity index is 1.52. The van der Waals surface area contributed by atoms with Gasteiger partial charge in [0.25, 0.3) is 5.91 Å². The molecular formula is C20H29N3O2. The fourth-order valence-electron chi connectivity index (χ4n) is 3.80. The Morgan fingerprint density at radius 2 is 1.88 bits per heavy atom. The predicted molar refractivity (Wildman–Crippen MR) is 98.3 cm³/mol. The van der Waals surface area contributed by atoms with Crippen LogP contribution in [0.5, 0.6) is 0 Å². The summed E-state index contributed by atoms with van der Waals surface area (Å²) in [7, 11) is 1.99. The van der Waals surface area contributed by atoms with E-state index in [9.17, 15) is 9.59 Å². The molecule has 0 aliphatic carbocycles. The first kappa shape index (κ1) is 17.9. The van der Waals surface area contributed by atoms with Gasteiger partial charge in [-0.25, -0.2) is 0 Å². The van der Waals surface area contributed by atoms with Gasteiger partial charge in [0.15, 0.2) is 0 Å². The number of nitrogens with zero attached hydrogens (tertiary/aromatic N) is 2. The summed E-state index contributed by atoms with van der Waals surface area (Å²) in [5.74, 6) is 1.11. The van der Waals surface area contributed by atoms with Gasteiger partial charge in [0, 0.05) is 38.2 Å². The third-order valence-electron chi connectivity index (χ3n) is 5.45. The van der Waals surface area contributed by atoms with E-state index in [4.69, 9.17) is 0 Å². The van der Waals surface area contributed by atoms with Crippen molar-refractivity contribution in [1.29, 1.82) is 0 Å². The average Bonchev–Trinajstić information content (AvgIpc) is 3.05. The maximum Gasteiger partial charge on any atom is 0.253 e. The number of hydrogen-bond acceptors (Lipinski definition) is 3. The van der Waals surface area contributed by atoms with Crippen molar-refractivity contribution in [3.05, 3.63) is 35.4 Å². The lowest BCUT2D eigenvalue weighted by atomic mass is 9.93. The van der Waals surface area contributed by atoms with Crippen LogP contribution in [0.4, 0.5) is 0 Å². The molecule has 0 spiro atoms. The highest BCUT2D eigenvalue weighted by Crippen LogP contribution is 2.22. The van der Waals surface area contributed by atoms with Crippen LogP contribution in [-0.2, 0) is 11.3 Å². The van der Waals surface area contributed by atoms with Crippen molar-refractivity contribution >= 4 is 11.8 Å². The highest BCUT2D eigenvalue weighted by molar-refractivity contribution is 5.94. The summed E-state index contributed by atoms with van der Waals surface area (Å²) in [6.07, 6.45) is 5.02. The second kappa shape index (κ2) is 8.48. The SMILES string of the molecule is CNCCC1CCN(C(=O)c2ccc(CN3CCCC3=O)cc2)CC1. The molecule has 0 bridgehead atoms. The Morgan fingerprint density at radius 3 is 2.48 bits per heavy atom. The number of amides is 2. The Kier molecular flexibility index (Phi) is 6.08. The molecular weight excluding hydrogens is 314 g/mol. The monoisotopic (exact) mass is 343 g/mol. The van der Waals surface area contributed by atoms with E-state index in [1.165, 1.54) is 6.42 Å². The minimum atomic E-state index is 0.135. The largest absolute Gasteiger partial charge is 0.339 e. The number of carbonyl (C=O) groups is 2. The summed E-state index contributed by atoms with van der Waals surface area (Å²) in [6, 6.07) is 7.79. The summed E-state index contributed by atoms with van der Waals surface area (Å²) in [5, 5.41) is 3.20. The molecule has 1 aromatic rings. The molecule has 5 nitrogen and oxygen atoms in total. The summed E-state index contributed by atoms with van der Waals surface area (Å²) in [5.41, 5.74) is 1.85. The number of benzene rings is 1. The van der Waals surface area contributed by atoms with Crippen LogP contribution < -0.4 is 5.32 Å². The van der Waals surface area contributed by atoms with Crippen molar-refractivity contribution in [2.24, 2.45) is 5.92 Å². The van der Waals surface area contributed by atoms with Crippen LogP contribution in [0.2, 0.25) is 0 Å². The molecule has 25 heavy (non-hydrogen) atoms. The number of hydrogen-bond donors (Lipinski definition) is 1. The molecule has 0 atom stereocenters. The molecule has 0 aromatic heterocycles. The Labute approximate surface area is 150 Å². The summed E-state index contributed by atoms with van der Waals surface area (Å²) < 4.78 is 0. The lowest BCUT2D eigenvalue weighted by Crippen LogP contribution is -2.39. The molecule has 2 aliphatic heterocycles. The third kappa shape index (κ3) is 4.60. The maximum atomic E-state index is 12.7. The number of likely N-dealkylation sites (tertiary alicyclic amines) is 2.